The number of piperazine rings is 1. The van der Waals surface area contributed by atoms with Crippen molar-refractivity contribution in [3.63, 3.8) is 0 Å². The lowest BCUT2D eigenvalue weighted by Gasteiger charge is -2.41. The van der Waals surface area contributed by atoms with Gasteiger partial charge in [-0.05, 0) is 19.3 Å². The van der Waals surface area contributed by atoms with E-state index in [1.807, 2.05) is 13.8 Å². The third-order valence-corrected chi connectivity index (χ3v) is 3.10. The minimum atomic E-state index is -0.532. The van der Waals surface area contributed by atoms with Gasteiger partial charge in [-0.15, -0.1) is 0 Å². The maximum absolute atomic E-state index is 12.2. The maximum atomic E-state index is 12.2. The highest BCUT2D eigenvalue weighted by atomic mass is 16.5. The average Bonchev–Trinajstić information content (AvgIpc) is 2.24. The minimum Gasteiger partial charge on any atom is -0.494 e. The number of carbonyl (C=O) groups excluding carboxylic acids is 2. The SMILES string of the molecule is CC(C)C[C@H]1NC(=O)[C@@H]2[C@@H](C)OC=CN2C1=O. The number of amides is 2. The van der Waals surface area contributed by atoms with E-state index in [4.69, 9.17) is 4.74 Å². The smallest absolute Gasteiger partial charge is 0.250 e. The largest absolute Gasteiger partial charge is 0.494 e. The van der Waals surface area contributed by atoms with E-state index in [1.54, 1.807) is 13.1 Å². The zero-order chi connectivity index (χ0) is 12.6. The Hall–Kier alpha value is -1.52. The molecule has 0 unspecified atom stereocenters. The molecule has 0 spiro atoms. The van der Waals surface area contributed by atoms with Crippen LogP contribution in [0.15, 0.2) is 12.5 Å². The number of fused-ring (bicyclic) bond motifs is 1. The van der Waals surface area contributed by atoms with Crippen molar-refractivity contribution in [3.05, 3.63) is 12.5 Å². The van der Waals surface area contributed by atoms with Crippen LogP contribution in [0.5, 0.6) is 0 Å². The number of carbonyl (C=O) groups is 2. The van der Waals surface area contributed by atoms with E-state index < -0.39 is 12.1 Å². The van der Waals surface area contributed by atoms with E-state index in [-0.39, 0.29) is 17.9 Å². The van der Waals surface area contributed by atoms with Gasteiger partial charge in [0, 0.05) is 6.20 Å². The summed E-state index contributed by atoms with van der Waals surface area (Å²) in [5.74, 6) is 0.185. The van der Waals surface area contributed by atoms with E-state index in [1.165, 1.54) is 11.2 Å². The second-order valence-electron chi connectivity index (χ2n) is 5.01. The molecule has 3 atom stereocenters. The summed E-state index contributed by atoms with van der Waals surface area (Å²) in [5.41, 5.74) is 0. The normalized spacial score (nSPS) is 32.2. The average molecular weight is 238 g/mol. The topological polar surface area (TPSA) is 58.6 Å². The summed E-state index contributed by atoms with van der Waals surface area (Å²) in [6.07, 6.45) is 3.39. The molecule has 5 nitrogen and oxygen atoms in total. The molecule has 17 heavy (non-hydrogen) atoms. The standard InChI is InChI=1S/C12H18N2O3/c1-7(2)6-9-12(16)14-4-5-17-8(3)10(14)11(15)13-9/h4-5,7-10H,6H2,1-3H3,(H,13,15)/t8-,9-,10+/m1/s1. The molecule has 2 rings (SSSR count). The summed E-state index contributed by atoms with van der Waals surface area (Å²) in [6, 6.07) is -0.940. The van der Waals surface area contributed by atoms with Crippen LogP contribution >= 0.6 is 0 Å². The Kier molecular flexibility index (Phi) is 3.09. The summed E-state index contributed by atoms with van der Waals surface area (Å²) in [7, 11) is 0. The van der Waals surface area contributed by atoms with Crippen LogP contribution in [0.3, 0.4) is 0 Å². The fraction of sp³-hybridized carbons (Fsp3) is 0.667. The van der Waals surface area contributed by atoms with Crippen LogP contribution in [-0.4, -0.2) is 34.9 Å². The van der Waals surface area contributed by atoms with Gasteiger partial charge in [0.15, 0.2) is 6.04 Å². The van der Waals surface area contributed by atoms with Crippen molar-refractivity contribution < 1.29 is 14.3 Å². The molecule has 1 N–H and O–H groups in total. The molecule has 5 heteroatoms. The van der Waals surface area contributed by atoms with Crippen LogP contribution in [0, 0.1) is 5.92 Å². The molecule has 0 radical (unpaired) electrons. The molecule has 2 amide bonds. The summed E-state index contributed by atoms with van der Waals surface area (Å²) in [5, 5.41) is 2.78. The number of nitrogens with zero attached hydrogens (tertiary/aromatic N) is 1. The zero-order valence-corrected chi connectivity index (χ0v) is 10.3. The predicted molar refractivity (Wildman–Crippen MR) is 61.7 cm³/mol. The number of hydrogen-bond acceptors (Lipinski definition) is 3. The zero-order valence-electron chi connectivity index (χ0n) is 10.3. The van der Waals surface area contributed by atoms with Crippen molar-refractivity contribution in [1.29, 1.82) is 0 Å². The predicted octanol–water partition coefficient (Wildman–Crippen LogP) is 0.618. The fourth-order valence-electron chi connectivity index (χ4n) is 2.30. The van der Waals surface area contributed by atoms with Crippen molar-refractivity contribution >= 4 is 11.8 Å². The van der Waals surface area contributed by atoms with Gasteiger partial charge in [-0.2, -0.15) is 0 Å². The van der Waals surface area contributed by atoms with Crippen LogP contribution in [0.4, 0.5) is 0 Å². The van der Waals surface area contributed by atoms with Crippen molar-refractivity contribution in [2.24, 2.45) is 5.92 Å². The molecule has 0 aromatic carbocycles. The highest BCUT2D eigenvalue weighted by Gasteiger charge is 2.44. The first-order valence-corrected chi connectivity index (χ1v) is 5.95. The first-order valence-electron chi connectivity index (χ1n) is 5.95. The Morgan fingerprint density at radius 1 is 1.47 bits per heavy atom. The molecular weight excluding hydrogens is 220 g/mol. The first-order chi connectivity index (χ1) is 8.00. The van der Waals surface area contributed by atoms with Gasteiger partial charge >= 0.3 is 0 Å². The van der Waals surface area contributed by atoms with Gasteiger partial charge in [0.05, 0.1) is 6.26 Å². The highest BCUT2D eigenvalue weighted by Crippen LogP contribution is 2.22. The Balaban J connectivity index is 2.20. The van der Waals surface area contributed by atoms with E-state index in [0.717, 1.165) is 0 Å². The number of ether oxygens (including phenoxy) is 1. The fourth-order valence-corrected chi connectivity index (χ4v) is 2.30. The third kappa shape index (κ3) is 2.14. The van der Waals surface area contributed by atoms with E-state index in [0.29, 0.717) is 12.3 Å². The number of hydrogen-bond donors (Lipinski definition) is 1. The molecular formula is C12H18N2O3. The summed E-state index contributed by atoms with van der Waals surface area (Å²) in [6.45, 7) is 5.85. The quantitative estimate of drug-likeness (QED) is 0.767. The van der Waals surface area contributed by atoms with Crippen molar-refractivity contribution in [2.45, 2.75) is 45.4 Å². The summed E-state index contributed by atoms with van der Waals surface area (Å²) < 4.78 is 5.25. The number of rotatable bonds is 2. The molecule has 0 bridgehead atoms. The lowest BCUT2D eigenvalue weighted by Crippen LogP contribution is -2.65. The van der Waals surface area contributed by atoms with Crippen LogP contribution in [0.25, 0.3) is 0 Å². The Bertz CT molecular complexity index is 365. The van der Waals surface area contributed by atoms with Gasteiger partial charge in [0.25, 0.3) is 0 Å². The van der Waals surface area contributed by atoms with Crippen molar-refractivity contribution in [1.82, 2.24) is 10.2 Å². The van der Waals surface area contributed by atoms with Gasteiger partial charge in [-0.3, -0.25) is 14.5 Å². The second-order valence-corrected chi connectivity index (χ2v) is 5.01. The van der Waals surface area contributed by atoms with E-state index >= 15 is 0 Å². The number of nitrogens with one attached hydrogen (secondary N) is 1. The molecule has 0 aliphatic carbocycles. The van der Waals surface area contributed by atoms with Gasteiger partial charge in [0.2, 0.25) is 11.8 Å². The molecule has 0 saturated carbocycles. The summed E-state index contributed by atoms with van der Waals surface area (Å²) in [4.78, 5) is 25.6. The second kappa shape index (κ2) is 4.39. The lowest BCUT2D eigenvalue weighted by molar-refractivity contribution is -0.152. The third-order valence-electron chi connectivity index (χ3n) is 3.10. The van der Waals surface area contributed by atoms with Crippen LogP contribution < -0.4 is 5.32 Å². The summed E-state index contributed by atoms with van der Waals surface area (Å²) >= 11 is 0. The van der Waals surface area contributed by atoms with Crippen LogP contribution in [-0.2, 0) is 14.3 Å². The Morgan fingerprint density at radius 2 is 2.18 bits per heavy atom. The molecule has 94 valence electrons. The van der Waals surface area contributed by atoms with Gasteiger partial charge in [-0.25, -0.2) is 0 Å². The van der Waals surface area contributed by atoms with Crippen LogP contribution in [0.2, 0.25) is 0 Å². The van der Waals surface area contributed by atoms with E-state index in [2.05, 4.69) is 5.32 Å². The van der Waals surface area contributed by atoms with Crippen LogP contribution in [0.1, 0.15) is 27.2 Å². The van der Waals surface area contributed by atoms with Crippen molar-refractivity contribution in [3.8, 4) is 0 Å². The van der Waals surface area contributed by atoms with E-state index in [9.17, 15) is 9.59 Å². The first kappa shape index (κ1) is 12.0. The molecule has 0 aromatic rings. The molecule has 1 saturated heterocycles. The molecule has 1 fully saturated rings. The maximum Gasteiger partial charge on any atom is 0.250 e. The molecule has 2 aliphatic rings. The van der Waals surface area contributed by atoms with Crippen molar-refractivity contribution in [2.75, 3.05) is 0 Å². The Labute approximate surface area is 101 Å². The van der Waals surface area contributed by atoms with Gasteiger partial charge in [-0.1, -0.05) is 13.8 Å². The van der Waals surface area contributed by atoms with Gasteiger partial charge < -0.3 is 10.1 Å². The molecule has 0 aromatic heterocycles. The Morgan fingerprint density at radius 3 is 2.82 bits per heavy atom. The lowest BCUT2D eigenvalue weighted by atomic mass is 9.97. The van der Waals surface area contributed by atoms with Gasteiger partial charge in [0.1, 0.15) is 12.1 Å². The minimum absolute atomic E-state index is 0.0466. The molecule has 2 aliphatic heterocycles. The monoisotopic (exact) mass is 238 g/mol. The molecule has 2 heterocycles. The highest BCUT2D eigenvalue weighted by molar-refractivity contribution is 5.98.